The highest BCUT2D eigenvalue weighted by Gasteiger charge is 2.33. The van der Waals surface area contributed by atoms with Crippen LogP contribution in [0.25, 0.3) is 5.69 Å². The van der Waals surface area contributed by atoms with Crippen molar-refractivity contribution in [3.63, 3.8) is 0 Å². The zero-order valence-corrected chi connectivity index (χ0v) is 19.8. The molecule has 0 radical (unpaired) electrons. The van der Waals surface area contributed by atoms with E-state index in [2.05, 4.69) is 10.3 Å². The fourth-order valence-electron chi connectivity index (χ4n) is 3.64. The van der Waals surface area contributed by atoms with Crippen LogP contribution in [0.5, 0.6) is 0 Å². The highest BCUT2D eigenvalue weighted by atomic mass is 35.5. The Morgan fingerprint density at radius 3 is 2.38 bits per heavy atom. The highest BCUT2D eigenvalue weighted by Crippen LogP contribution is 2.31. The van der Waals surface area contributed by atoms with Crippen molar-refractivity contribution in [1.29, 1.82) is 0 Å². The third-order valence-electron chi connectivity index (χ3n) is 5.40. The van der Waals surface area contributed by atoms with E-state index < -0.39 is 10.0 Å². The molecule has 168 valence electrons. The largest absolute Gasteiger partial charge is 0.335 e. The number of amides is 1. The average Bonchev–Trinajstić information content (AvgIpc) is 3.16. The Bertz CT molecular complexity index is 1280. The van der Waals surface area contributed by atoms with Crippen LogP contribution in [-0.4, -0.2) is 64.7 Å². The van der Waals surface area contributed by atoms with Gasteiger partial charge in [-0.2, -0.15) is 4.31 Å². The molecule has 1 fully saturated rings. The molecule has 1 saturated heterocycles. The van der Waals surface area contributed by atoms with Crippen molar-refractivity contribution in [3.8, 4) is 5.69 Å². The molecule has 0 saturated carbocycles. The Balaban J connectivity index is 1.49. The van der Waals surface area contributed by atoms with Gasteiger partial charge in [0, 0.05) is 26.2 Å². The van der Waals surface area contributed by atoms with Crippen LogP contribution in [-0.2, 0) is 10.0 Å². The van der Waals surface area contributed by atoms with Gasteiger partial charge in [-0.1, -0.05) is 46.6 Å². The third kappa shape index (κ3) is 4.13. The summed E-state index contributed by atoms with van der Waals surface area (Å²) in [6, 6.07) is 12.3. The second-order valence-corrected chi connectivity index (χ2v) is 10.2. The maximum absolute atomic E-state index is 13.1. The van der Waals surface area contributed by atoms with Crippen LogP contribution in [0.4, 0.5) is 0 Å². The molecular formula is C21H21Cl2N5O3S. The zero-order valence-electron chi connectivity index (χ0n) is 17.5. The first-order valence-corrected chi connectivity index (χ1v) is 12.1. The van der Waals surface area contributed by atoms with Gasteiger partial charge in [0.2, 0.25) is 10.0 Å². The molecule has 4 rings (SSSR count). The molecule has 1 amide bonds. The Labute approximate surface area is 196 Å². The molecule has 1 aliphatic heterocycles. The molecule has 0 spiro atoms. The first-order chi connectivity index (χ1) is 15.2. The molecular weight excluding hydrogens is 473 g/mol. The number of hydrogen-bond donors (Lipinski definition) is 0. The van der Waals surface area contributed by atoms with Crippen molar-refractivity contribution in [2.45, 2.75) is 18.7 Å². The highest BCUT2D eigenvalue weighted by molar-refractivity contribution is 7.89. The minimum atomic E-state index is -3.83. The summed E-state index contributed by atoms with van der Waals surface area (Å²) in [5.41, 5.74) is 2.77. The van der Waals surface area contributed by atoms with Gasteiger partial charge in [-0.3, -0.25) is 4.79 Å². The molecule has 8 nitrogen and oxygen atoms in total. The first-order valence-electron chi connectivity index (χ1n) is 9.93. The summed E-state index contributed by atoms with van der Waals surface area (Å²) in [5, 5.41) is 8.40. The minimum absolute atomic E-state index is 0.00365. The number of hydrogen-bond acceptors (Lipinski definition) is 5. The van der Waals surface area contributed by atoms with Crippen molar-refractivity contribution in [2.75, 3.05) is 26.2 Å². The molecule has 3 aromatic rings. The minimum Gasteiger partial charge on any atom is -0.335 e. The number of piperazine rings is 1. The molecule has 0 aliphatic carbocycles. The predicted octanol–water partition coefficient (Wildman–Crippen LogP) is 3.34. The molecule has 11 heteroatoms. The van der Waals surface area contributed by atoms with E-state index >= 15 is 0 Å². The van der Waals surface area contributed by atoms with Crippen LogP contribution in [0.3, 0.4) is 0 Å². The van der Waals surface area contributed by atoms with Crippen molar-refractivity contribution in [3.05, 3.63) is 69.5 Å². The van der Waals surface area contributed by atoms with Crippen LogP contribution in [0, 0.1) is 13.8 Å². The summed E-state index contributed by atoms with van der Waals surface area (Å²) in [4.78, 5) is 14.6. The lowest BCUT2D eigenvalue weighted by atomic mass is 10.2. The fraction of sp³-hybridized carbons (Fsp3) is 0.286. The van der Waals surface area contributed by atoms with E-state index in [0.29, 0.717) is 5.69 Å². The topological polar surface area (TPSA) is 88.4 Å². The summed E-state index contributed by atoms with van der Waals surface area (Å²) in [6.07, 6.45) is 0. The number of aromatic nitrogens is 3. The molecule has 0 unspecified atom stereocenters. The number of benzene rings is 2. The standard InChI is InChI=1S/C21H21Cl2N5O3S/c1-14-5-3-6-16(13-14)28-15(2)20(24-25-28)21(29)26-9-11-27(12-10-26)32(30,31)18-8-4-7-17(22)19(18)23/h3-8,13H,9-12H2,1-2H3. The molecule has 1 aliphatic rings. The van der Waals surface area contributed by atoms with Crippen molar-refractivity contribution in [2.24, 2.45) is 0 Å². The quantitative estimate of drug-likeness (QED) is 0.555. The summed E-state index contributed by atoms with van der Waals surface area (Å²) < 4.78 is 28.9. The molecule has 32 heavy (non-hydrogen) atoms. The summed E-state index contributed by atoms with van der Waals surface area (Å²) >= 11 is 12.1. The second-order valence-electron chi connectivity index (χ2n) is 7.52. The monoisotopic (exact) mass is 493 g/mol. The Kier molecular flexibility index (Phi) is 6.26. The van der Waals surface area contributed by atoms with Crippen molar-refractivity contribution >= 4 is 39.1 Å². The van der Waals surface area contributed by atoms with E-state index in [4.69, 9.17) is 23.2 Å². The first kappa shape index (κ1) is 22.7. The van der Waals surface area contributed by atoms with Crippen LogP contribution in [0.15, 0.2) is 47.4 Å². The maximum Gasteiger partial charge on any atom is 0.276 e. The van der Waals surface area contributed by atoms with Gasteiger partial charge < -0.3 is 4.90 Å². The van der Waals surface area contributed by atoms with Gasteiger partial charge in [-0.05, 0) is 43.7 Å². The van der Waals surface area contributed by atoms with Crippen molar-refractivity contribution < 1.29 is 13.2 Å². The van der Waals surface area contributed by atoms with Crippen LogP contribution in [0.2, 0.25) is 10.0 Å². The van der Waals surface area contributed by atoms with Crippen LogP contribution < -0.4 is 0 Å². The van der Waals surface area contributed by atoms with Crippen LogP contribution in [0.1, 0.15) is 21.7 Å². The van der Waals surface area contributed by atoms with Gasteiger partial charge >= 0.3 is 0 Å². The summed E-state index contributed by atoms with van der Waals surface area (Å²) in [7, 11) is -3.83. The van der Waals surface area contributed by atoms with Gasteiger partial charge in [0.25, 0.3) is 5.91 Å². The molecule has 0 N–H and O–H groups in total. The number of halogens is 2. The zero-order chi connectivity index (χ0) is 23.0. The number of nitrogens with zero attached hydrogens (tertiary/aromatic N) is 5. The summed E-state index contributed by atoms with van der Waals surface area (Å²) in [5.74, 6) is -0.278. The second kappa shape index (κ2) is 8.82. The third-order valence-corrected chi connectivity index (χ3v) is 8.28. The van der Waals surface area contributed by atoms with Crippen LogP contribution >= 0.6 is 23.2 Å². The normalized spacial score (nSPS) is 15.2. The lowest BCUT2D eigenvalue weighted by Gasteiger charge is -2.33. The summed E-state index contributed by atoms with van der Waals surface area (Å²) in [6.45, 7) is 4.51. The average molecular weight is 494 g/mol. The Morgan fingerprint density at radius 1 is 1.00 bits per heavy atom. The lowest BCUT2D eigenvalue weighted by Crippen LogP contribution is -2.50. The van der Waals surface area contributed by atoms with E-state index in [-0.39, 0.29) is 52.7 Å². The number of carbonyl (C=O) groups excluding carboxylic acids is 1. The number of rotatable bonds is 4. The Morgan fingerprint density at radius 2 is 1.69 bits per heavy atom. The van der Waals surface area contributed by atoms with Gasteiger partial charge in [-0.15, -0.1) is 5.10 Å². The number of carbonyl (C=O) groups is 1. The van der Waals surface area contributed by atoms with E-state index in [1.54, 1.807) is 22.6 Å². The van der Waals surface area contributed by atoms with E-state index in [0.717, 1.165) is 11.3 Å². The molecule has 2 heterocycles. The SMILES string of the molecule is Cc1cccc(-n2nnc(C(=O)N3CCN(S(=O)(=O)c4cccc(Cl)c4Cl)CC3)c2C)c1. The van der Waals surface area contributed by atoms with Gasteiger partial charge in [0.1, 0.15) is 4.90 Å². The number of aryl methyl sites for hydroxylation is 1. The fourth-order valence-corrected chi connectivity index (χ4v) is 5.79. The predicted molar refractivity (Wildman–Crippen MR) is 122 cm³/mol. The van der Waals surface area contributed by atoms with Gasteiger partial charge in [0.05, 0.1) is 21.4 Å². The molecule has 1 aromatic heterocycles. The maximum atomic E-state index is 13.1. The van der Waals surface area contributed by atoms with Crippen molar-refractivity contribution in [1.82, 2.24) is 24.2 Å². The Hall–Kier alpha value is -2.46. The smallest absolute Gasteiger partial charge is 0.276 e. The van der Waals surface area contributed by atoms with Gasteiger partial charge in [0.15, 0.2) is 5.69 Å². The van der Waals surface area contributed by atoms with E-state index in [1.807, 2.05) is 31.2 Å². The molecule has 0 bridgehead atoms. The van der Waals surface area contributed by atoms with E-state index in [1.165, 1.54) is 16.4 Å². The van der Waals surface area contributed by atoms with Gasteiger partial charge in [-0.25, -0.2) is 13.1 Å². The van der Waals surface area contributed by atoms with E-state index in [9.17, 15) is 13.2 Å². The molecule has 0 atom stereocenters. The molecule has 2 aromatic carbocycles. The number of sulfonamides is 1. The lowest BCUT2D eigenvalue weighted by molar-refractivity contribution is 0.0691.